The molecule has 5 heteroatoms. The first kappa shape index (κ1) is 18.8. The summed E-state index contributed by atoms with van der Waals surface area (Å²) in [6, 6.07) is -0.465. The van der Waals surface area contributed by atoms with Crippen LogP contribution in [-0.2, 0) is 9.53 Å². The number of carboxylic acid groups (broad SMARTS) is 1. The second-order valence-electron chi connectivity index (χ2n) is 8.47. The van der Waals surface area contributed by atoms with Gasteiger partial charge >= 0.3 is 12.1 Å². The Morgan fingerprint density at radius 3 is 1.91 bits per heavy atom. The number of carbonyl (C=O) groups is 2. The maximum absolute atomic E-state index is 12.2. The van der Waals surface area contributed by atoms with E-state index in [1.54, 1.807) is 20.8 Å². The first-order chi connectivity index (χ1) is 9.88. The highest BCUT2D eigenvalue weighted by molar-refractivity contribution is 5.78. The Hall–Kier alpha value is -1.26. The van der Waals surface area contributed by atoms with Crippen molar-refractivity contribution in [3.05, 3.63) is 0 Å². The van der Waals surface area contributed by atoms with Crippen molar-refractivity contribution in [3.8, 4) is 0 Å². The van der Waals surface area contributed by atoms with E-state index < -0.39 is 29.1 Å². The Morgan fingerprint density at radius 2 is 1.55 bits per heavy atom. The van der Waals surface area contributed by atoms with Crippen molar-refractivity contribution in [2.75, 3.05) is 0 Å². The molecular weight excluding hydrogens is 282 g/mol. The molecule has 0 saturated heterocycles. The van der Waals surface area contributed by atoms with Gasteiger partial charge in [0.15, 0.2) is 0 Å². The molecule has 0 bridgehead atoms. The lowest BCUT2D eigenvalue weighted by Gasteiger charge is -2.46. The van der Waals surface area contributed by atoms with E-state index in [2.05, 4.69) is 5.32 Å². The lowest BCUT2D eigenvalue weighted by Crippen LogP contribution is -2.59. The van der Waals surface area contributed by atoms with Gasteiger partial charge in [0, 0.05) is 0 Å². The van der Waals surface area contributed by atoms with Gasteiger partial charge < -0.3 is 15.2 Å². The summed E-state index contributed by atoms with van der Waals surface area (Å²) in [7, 11) is 0. The van der Waals surface area contributed by atoms with E-state index in [0.717, 1.165) is 19.3 Å². The van der Waals surface area contributed by atoms with Crippen LogP contribution in [-0.4, -0.2) is 28.8 Å². The summed E-state index contributed by atoms with van der Waals surface area (Å²) >= 11 is 0. The van der Waals surface area contributed by atoms with Gasteiger partial charge in [-0.3, -0.25) is 4.79 Å². The van der Waals surface area contributed by atoms with Gasteiger partial charge in [-0.1, -0.05) is 40.0 Å². The molecule has 1 aliphatic carbocycles. The molecule has 0 heterocycles. The topological polar surface area (TPSA) is 75.6 Å². The Morgan fingerprint density at radius 1 is 1.05 bits per heavy atom. The second-order valence-corrected chi connectivity index (χ2v) is 8.47. The van der Waals surface area contributed by atoms with Crippen LogP contribution in [0.25, 0.3) is 0 Å². The molecular formula is C17H31NO4. The van der Waals surface area contributed by atoms with Crippen LogP contribution in [0.15, 0.2) is 0 Å². The second kappa shape index (κ2) is 6.47. The van der Waals surface area contributed by atoms with Crippen LogP contribution in [0.4, 0.5) is 4.79 Å². The molecule has 5 nitrogen and oxygen atoms in total. The van der Waals surface area contributed by atoms with Gasteiger partial charge in [-0.05, 0) is 39.0 Å². The fourth-order valence-electron chi connectivity index (χ4n) is 3.42. The van der Waals surface area contributed by atoms with Crippen LogP contribution in [0.5, 0.6) is 0 Å². The van der Waals surface area contributed by atoms with Gasteiger partial charge in [0.05, 0.1) is 11.5 Å². The molecule has 1 rings (SSSR count). The van der Waals surface area contributed by atoms with Crippen molar-refractivity contribution in [1.29, 1.82) is 0 Å². The highest BCUT2D eigenvalue weighted by Crippen LogP contribution is 2.45. The molecule has 0 aromatic rings. The third-order valence-electron chi connectivity index (χ3n) is 4.25. The highest BCUT2D eigenvalue weighted by atomic mass is 16.6. The van der Waals surface area contributed by atoms with Gasteiger partial charge in [-0.2, -0.15) is 0 Å². The zero-order valence-corrected chi connectivity index (χ0v) is 14.8. The van der Waals surface area contributed by atoms with Crippen LogP contribution in [0, 0.1) is 10.8 Å². The summed E-state index contributed by atoms with van der Waals surface area (Å²) in [4.78, 5) is 24.2. The molecule has 1 saturated carbocycles. The third-order valence-corrected chi connectivity index (χ3v) is 4.25. The first-order valence-corrected chi connectivity index (χ1v) is 8.11. The number of nitrogens with one attached hydrogen (secondary N) is 1. The van der Waals surface area contributed by atoms with Crippen molar-refractivity contribution >= 4 is 12.1 Å². The minimum absolute atomic E-state index is 0.368. The SMILES string of the molecule is CC(C)(C)OC(=O)NC(C(C)(C)C)C1(C(=O)O)CCCCC1. The molecule has 0 radical (unpaired) electrons. The van der Waals surface area contributed by atoms with Crippen LogP contribution in [0.1, 0.15) is 73.6 Å². The smallest absolute Gasteiger partial charge is 0.407 e. The fourth-order valence-corrected chi connectivity index (χ4v) is 3.42. The number of aliphatic carboxylic acids is 1. The molecule has 1 fully saturated rings. The lowest BCUT2D eigenvalue weighted by molar-refractivity contribution is -0.156. The number of hydrogen-bond acceptors (Lipinski definition) is 3. The Bertz CT molecular complexity index is 411. The first-order valence-electron chi connectivity index (χ1n) is 8.11. The monoisotopic (exact) mass is 313 g/mol. The van der Waals surface area contributed by atoms with Crippen molar-refractivity contribution in [2.24, 2.45) is 10.8 Å². The minimum atomic E-state index is -0.909. The summed E-state index contributed by atoms with van der Waals surface area (Å²) in [5.41, 5.74) is -1.88. The summed E-state index contributed by atoms with van der Waals surface area (Å²) in [6.07, 6.45) is 3.47. The van der Waals surface area contributed by atoms with Crippen molar-refractivity contribution < 1.29 is 19.4 Å². The molecule has 22 heavy (non-hydrogen) atoms. The van der Waals surface area contributed by atoms with Gasteiger partial charge in [-0.15, -0.1) is 0 Å². The van der Waals surface area contributed by atoms with E-state index in [9.17, 15) is 14.7 Å². The molecule has 1 atom stereocenters. The largest absolute Gasteiger partial charge is 0.481 e. The predicted molar refractivity (Wildman–Crippen MR) is 85.8 cm³/mol. The van der Waals surface area contributed by atoms with Crippen LogP contribution in [0.2, 0.25) is 0 Å². The zero-order valence-electron chi connectivity index (χ0n) is 14.8. The Labute approximate surface area is 133 Å². The van der Waals surface area contributed by atoms with Crippen molar-refractivity contribution in [3.63, 3.8) is 0 Å². The number of hydrogen-bond donors (Lipinski definition) is 2. The van der Waals surface area contributed by atoms with Crippen molar-refractivity contribution in [1.82, 2.24) is 5.32 Å². The highest BCUT2D eigenvalue weighted by Gasteiger charge is 2.51. The molecule has 1 amide bonds. The molecule has 0 aromatic carbocycles. The molecule has 0 aliphatic heterocycles. The van der Waals surface area contributed by atoms with E-state index in [-0.39, 0.29) is 5.41 Å². The number of amides is 1. The third kappa shape index (κ3) is 4.62. The summed E-state index contributed by atoms with van der Waals surface area (Å²) in [5, 5.41) is 12.7. The maximum atomic E-state index is 12.2. The van der Waals surface area contributed by atoms with Crippen molar-refractivity contribution in [2.45, 2.75) is 85.3 Å². The number of rotatable bonds is 3. The van der Waals surface area contributed by atoms with Gasteiger partial charge in [0.2, 0.25) is 0 Å². The molecule has 0 aromatic heterocycles. The molecule has 128 valence electrons. The van der Waals surface area contributed by atoms with Crippen LogP contribution in [0.3, 0.4) is 0 Å². The zero-order chi connectivity index (χ0) is 17.2. The Balaban J connectivity index is 3.06. The predicted octanol–water partition coefficient (Wildman–Crippen LogP) is 3.96. The average molecular weight is 313 g/mol. The molecule has 1 unspecified atom stereocenters. The maximum Gasteiger partial charge on any atom is 0.407 e. The lowest BCUT2D eigenvalue weighted by atomic mass is 9.62. The van der Waals surface area contributed by atoms with E-state index >= 15 is 0 Å². The number of carboxylic acids is 1. The van der Waals surface area contributed by atoms with Gasteiger partial charge in [0.1, 0.15) is 5.60 Å². The fraction of sp³-hybridized carbons (Fsp3) is 0.882. The number of ether oxygens (including phenoxy) is 1. The van der Waals surface area contributed by atoms with E-state index in [0.29, 0.717) is 12.8 Å². The Kier molecular flexibility index (Phi) is 5.52. The normalized spacial score (nSPS) is 20.1. The van der Waals surface area contributed by atoms with Crippen LogP contribution < -0.4 is 5.32 Å². The summed E-state index contributed by atoms with van der Waals surface area (Å²) < 4.78 is 5.34. The number of alkyl carbamates (subject to hydrolysis) is 1. The quantitative estimate of drug-likeness (QED) is 0.827. The molecule has 2 N–H and O–H groups in total. The summed E-state index contributed by atoms with van der Waals surface area (Å²) in [6.45, 7) is 11.3. The average Bonchev–Trinajstić information content (AvgIpc) is 2.33. The minimum Gasteiger partial charge on any atom is -0.481 e. The van der Waals surface area contributed by atoms with E-state index in [4.69, 9.17) is 4.74 Å². The summed E-state index contributed by atoms with van der Waals surface area (Å²) in [5.74, 6) is -0.816. The number of carbonyl (C=O) groups excluding carboxylic acids is 1. The molecule has 1 aliphatic rings. The standard InChI is InChI=1S/C17H31NO4/c1-15(2,3)12(18-14(21)22-16(4,5)6)17(13(19)20)10-8-7-9-11-17/h12H,7-11H2,1-6H3,(H,18,21)(H,19,20). The van der Waals surface area contributed by atoms with Gasteiger partial charge in [-0.25, -0.2) is 4.79 Å². The van der Waals surface area contributed by atoms with Crippen LogP contribution >= 0.6 is 0 Å². The van der Waals surface area contributed by atoms with E-state index in [1.807, 2.05) is 20.8 Å². The van der Waals surface area contributed by atoms with E-state index in [1.165, 1.54) is 0 Å². The van der Waals surface area contributed by atoms with Gasteiger partial charge in [0.25, 0.3) is 0 Å². The molecule has 0 spiro atoms.